The van der Waals surface area contributed by atoms with Crippen molar-refractivity contribution in [3.63, 3.8) is 0 Å². The Hall–Kier alpha value is -1.76. The second-order valence-corrected chi connectivity index (χ2v) is 4.68. The number of halogens is 3. The second-order valence-electron chi connectivity index (χ2n) is 4.68. The average Bonchev–Trinajstić information content (AvgIpc) is 2.73. The molecule has 1 fully saturated rings. The van der Waals surface area contributed by atoms with Crippen LogP contribution in [0.3, 0.4) is 0 Å². The number of aromatic carboxylic acids is 1. The summed E-state index contributed by atoms with van der Waals surface area (Å²) in [5.41, 5.74) is -1.66. The van der Waals surface area contributed by atoms with Crippen molar-refractivity contribution in [2.75, 3.05) is 11.9 Å². The van der Waals surface area contributed by atoms with Gasteiger partial charge in [0.05, 0.1) is 23.3 Å². The maximum atomic E-state index is 12.9. The lowest BCUT2D eigenvalue weighted by molar-refractivity contribution is -0.138. The minimum atomic E-state index is -4.71. The minimum Gasteiger partial charge on any atom is -0.478 e. The third-order valence-electron chi connectivity index (χ3n) is 3.28. The van der Waals surface area contributed by atoms with E-state index in [9.17, 15) is 18.0 Å². The van der Waals surface area contributed by atoms with E-state index in [0.29, 0.717) is 13.0 Å². The number of carbonyl (C=O) groups is 1. The average molecular weight is 289 g/mol. The maximum Gasteiger partial charge on any atom is 0.417 e. The van der Waals surface area contributed by atoms with Crippen molar-refractivity contribution in [3.05, 3.63) is 29.3 Å². The molecule has 1 aliphatic heterocycles. The zero-order chi connectivity index (χ0) is 14.9. The van der Waals surface area contributed by atoms with Crippen LogP contribution in [0.4, 0.5) is 18.9 Å². The molecule has 110 valence electrons. The van der Waals surface area contributed by atoms with Crippen LogP contribution in [0.25, 0.3) is 0 Å². The number of rotatable bonds is 3. The lowest BCUT2D eigenvalue weighted by Gasteiger charge is -2.19. The molecule has 1 saturated heterocycles. The van der Waals surface area contributed by atoms with Crippen LogP contribution in [0.5, 0.6) is 0 Å². The first-order valence-electron chi connectivity index (χ1n) is 6.11. The first kappa shape index (κ1) is 14.6. The summed E-state index contributed by atoms with van der Waals surface area (Å²) in [6.07, 6.45) is -4.10. The van der Waals surface area contributed by atoms with Gasteiger partial charge < -0.3 is 15.2 Å². The van der Waals surface area contributed by atoms with Gasteiger partial charge in [-0.25, -0.2) is 4.79 Å². The molecule has 7 heteroatoms. The Morgan fingerprint density at radius 2 is 2.15 bits per heavy atom. The van der Waals surface area contributed by atoms with Gasteiger partial charge in [-0.1, -0.05) is 0 Å². The molecule has 2 unspecified atom stereocenters. The Labute approximate surface area is 113 Å². The van der Waals surface area contributed by atoms with Crippen molar-refractivity contribution in [1.29, 1.82) is 0 Å². The largest absolute Gasteiger partial charge is 0.478 e. The minimum absolute atomic E-state index is 0.0771. The summed E-state index contributed by atoms with van der Waals surface area (Å²) in [4.78, 5) is 10.8. The molecule has 0 spiro atoms. The van der Waals surface area contributed by atoms with E-state index in [1.807, 2.05) is 6.92 Å². The molecule has 0 bridgehead atoms. The van der Waals surface area contributed by atoms with Gasteiger partial charge in [-0.05, 0) is 31.5 Å². The number of anilines is 1. The SMILES string of the molecule is CC1OCCC1Nc1ccc(C(=O)O)c(C(F)(F)F)c1. The van der Waals surface area contributed by atoms with Crippen LogP contribution in [0.2, 0.25) is 0 Å². The monoisotopic (exact) mass is 289 g/mol. The molecule has 20 heavy (non-hydrogen) atoms. The summed E-state index contributed by atoms with van der Waals surface area (Å²) in [5, 5.41) is 11.8. The highest BCUT2D eigenvalue weighted by Crippen LogP contribution is 2.34. The predicted molar refractivity (Wildman–Crippen MR) is 65.8 cm³/mol. The molecule has 0 aromatic heterocycles. The first-order valence-corrected chi connectivity index (χ1v) is 6.11. The van der Waals surface area contributed by atoms with Crippen LogP contribution < -0.4 is 5.32 Å². The van der Waals surface area contributed by atoms with Crippen LogP contribution >= 0.6 is 0 Å². The fourth-order valence-electron chi connectivity index (χ4n) is 2.19. The highest BCUT2D eigenvalue weighted by molar-refractivity contribution is 5.90. The molecule has 4 nitrogen and oxygen atoms in total. The van der Waals surface area contributed by atoms with Crippen molar-refractivity contribution < 1.29 is 27.8 Å². The smallest absolute Gasteiger partial charge is 0.417 e. The van der Waals surface area contributed by atoms with E-state index in [2.05, 4.69) is 5.32 Å². The number of hydrogen-bond acceptors (Lipinski definition) is 3. The number of hydrogen-bond donors (Lipinski definition) is 2. The molecule has 2 rings (SSSR count). The van der Waals surface area contributed by atoms with Crippen LogP contribution in [0, 0.1) is 0 Å². The molecule has 0 aliphatic carbocycles. The molecule has 1 heterocycles. The third-order valence-corrected chi connectivity index (χ3v) is 3.28. The fourth-order valence-corrected chi connectivity index (χ4v) is 2.19. The van der Waals surface area contributed by atoms with E-state index in [-0.39, 0.29) is 17.8 Å². The molecule has 1 aliphatic rings. The summed E-state index contributed by atoms with van der Waals surface area (Å²) in [6.45, 7) is 2.39. The maximum absolute atomic E-state index is 12.9. The summed E-state index contributed by atoms with van der Waals surface area (Å²) in [5.74, 6) is -1.60. The van der Waals surface area contributed by atoms with Gasteiger partial charge >= 0.3 is 12.1 Å². The van der Waals surface area contributed by atoms with Gasteiger partial charge in [0.2, 0.25) is 0 Å². The Bertz CT molecular complexity index is 516. The van der Waals surface area contributed by atoms with E-state index in [1.165, 1.54) is 6.07 Å². The van der Waals surface area contributed by atoms with Gasteiger partial charge in [-0.3, -0.25) is 0 Å². The van der Waals surface area contributed by atoms with Crippen molar-refractivity contribution in [2.45, 2.75) is 31.7 Å². The quantitative estimate of drug-likeness (QED) is 0.898. The van der Waals surface area contributed by atoms with Crippen molar-refractivity contribution >= 4 is 11.7 Å². The van der Waals surface area contributed by atoms with Crippen LogP contribution in [0.15, 0.2) is 18.2 Å². The van der Waals surface area contributed by atoms with Crippen molar-refractivity contribution in [2.24, 2.45) is 0 Å². The number of ether oxygens (including phenoxy) is 1. The predicted octanol–water partition coefficient (Wildman–Crippen LogP) is 2.99. The van der Waals surface area contributed by atoms with Gasteiger partial charge in [0.15, 0.2) is 0 Å². The van der Waals surface area contributed by atoms with E-state index in [0.717, 1.165) is 12.1 Å². The fraction of sp³-hybridized carbons (Fsp3) is 0.462. The van der Waals surface area contributed by atoms with Gasteiger partial charge in [0.25, 0.3) is 0 Å². The number of carboxylic acids is 1. The normalized spacial score (nSPS) is 22.8. The summed E-state index contributed by atoms with van der Waals surface area (Å²) in [7, 11) is 0. The first-order chi connectivity index (χ1) is 9.29. The second kappa shape index (κ2) is 5.32. The Morgan fingerprint density at radius 1 is 1.45 bits per heavy atom. The number of benzene rings is 1. The molecule has 1 aromatic carbocycles. The van der Waals surface area contributed by atoms with Crippen molar-refractivity contribution in [1.82, 2.24) is 0 Å². The number of nitrogens with one attached hydrogen (secondary N) is 1. The zero-order valence-electron chi connectivity index (χ0n) is 10.7. The van der Waals surface area contributed by atoms with Gasteiger partial charge in [0, 0.05) is 12.3 Å². The van der Waals surface area contributed by atoms with Gasteiger partial charge in [-0.2, -0.15) is 13.2 Å². The summed E-state index contributed by atoms with van der Waals surface area (Å²) >= 11 is 0. The molecule has 0 amide bonds. The lowest BCUT2D eigenvalue weighted by Crippen LogP contribution is -2.27. The molecule has 1 aromatic rings. The van der Waals surface area contributed by atoms with E-state index in [4.69, 9.17) is 9.84 Å². The Balaban J connectivity index is 2.30. The van der Waals surface area contributed by atoms with Crippen LogP contribution in [-0.4, -0.2) is 29.8 Å². The molecule has 2 atom stereocenters. The number of carboxylic acid groups (broad SMARTS) is 1. The van der Waals surface area contributed by atoms with E-state index >= 15 is 0 Å². The van der Waals surface area contributed by atoms with E-state index in [1.54, 1.807) is 0 Å². The topological polar surface area (TPSA) is 58.6 Å². The highest BCUT2D eigenvalue weighted by Gasteiger charge is 2.36. The highest BCUT2D eigenvalue weighted by atomic mass is 19.4. The standard InChI is InChI=1S/C13H14F3NO3/c1-7-11(4-5-20-7)17-8-2-3-9(12(18)19)10(6-8)13(14,15)16/h2-3,6-7,11,17H,4-5H2,1H3,(H,18,19). The van der Waals surface area contributed by atoms with Crippen molar-refractivity contribution in [3.8, 4) is 0 Å². The van der Waals surface area contributed by atoms with Crippen LogP contribution in [0.1, 0.15) is 29.3 Å². The molecular formula is C13H14F3NO3. The van der Waals surface area contributed by atoms with Gasteiger partial charge in [-0.15, -0.1) is 0 Å². The number of alkyl halides is 3. The van der Waals surface area contributed by atoms with Gasteiger partial charge in [0.1, 0.15) is 0 Å². The molecule has 0 saturated carbocycles. The zero-order valence-corrected chi connectivity index (χ0v) is 10.7. The third kappa shape index (κ3) is 3.04. The molecule has 2 N–H and O–H groups in total. The van der Waals surface area contributed by atoms with E-state index < -0.39 is 23.3 Å². The summed E-state index contributed by atoms with van der Waals surface area (Å²) in [6, 6.07) is 3.05. The molecular weight excluding hydrogens is 275 g/mol. The molecule has 0 radical (unpaired) electrons. The Kier molecular flexibility index (Phi) is 3.89. The Morgan fingerprint density at radius 3 is 2.65 bits per heavy atom. The summed E-state index contributed by atoms with van der Waals surface area (Å²) < 4.78 is 43.9. The lowest BCUT2D eigenvalue weighted by atomic mass is 10.0. The van der Waals surface area contributed by atoms with Crippen LogP contribution in [-0.2, 0) is 10.9 Å².